The second-order valence-electron chi connectivity index (χ2n) is 2.22. The summed E-state index contributed by atoms with van der Waals surface area (Å²) in [5.41, 5.74) is 0.870. The Morgan fingerprint density at radius 1 is 1.38 bits per heavy atom. The first-order chi connectivity index (χ1) is 6.25. The summed E-state index contributed by atoms with van der Waals surface area (Å²) < 4.78 is 1.93. The van der Waals surface area contributed by atoms with Crippen LogP contribution in [0, 0.1) is 3.57 Å². The molecular weight excluding hydrogens is 365 g/mol. The van der Waals surface area contributed by atoms with E-state index in [0.29, 0.717) is 0 Å². The third kappa shape index (κ3) is 2.23. The maximum absolute atomic E-state index is 4.21. The predicted molar refractivity (Wildman–Crippen MR) is 63.6 cm³/mol. The van der Waals surface area contributed by atoms with Crippen LogP contribution in [0.2, 0.25) is 0 Å². The number of pyridine rings is 1. The van der Waals surface area contributed by atoms with Gasteiger partial charge in [-0.05, 0) is 50.7 Å². The molecule has 6 heteroatoms. The van der Waals surface area contributed by atoms with E-state index in [0.717, 1.165) is 18.2 Å². The number of nitrogens with zero attached hydrogens (tertiary/aromatic N) is 3. The van der Waals surface area contributed by atoms with Gasteiger partial charge in [-0.2, -0.15) is 0 Å². The molecule has 0 N–H and O–H groups in total. The molecule has 66 valence electrons. The molecule has 0 saturated heterocycles. The summed E-state index contributed by atoms with van der Waals surface area (Å²) in [6.45, 7) is 0. The van der Waals surface area contributed by atoms with Gasteiger partial charge in [0.15, 0.2) is 8.92 Å². The smallest absolute Gasteiger partial charge is 0.183 e. The fourth-order valence-electron chi connectivity index (χ4n) is 0.831. The lowest BCUT2D eigenvalue weighted by Gasteiger charge is -1.93. The lowest BCUT2D eigenvalue weighted by molar-refractivity contribution is 1.07. The minimum Gasteiger partial charge on any atom is -0.254 e. The second kappa shape index (κ2) is 3.97. The Kier molecular flexibility index (Phi) is 2.89. The van der Waals surface area contributed by atoms with Crippen molar-refractivity contribution in [3.8, 4) is 10.7 Å². The van der Waals surface area contributed by atoms with E-state index in [2.05, 4.69) is 53.7 Å². The average Bonchev–Trinajstić information content (AvgIpc) is 2.52. The van der Waals surface area contributed by atoms with Crippen LogP contribution < -0.4 is 0 Å². The van der Waals surface area contributed by atoms with Gasteiger partial charge < -0.3 is 0 Å². The van der Waals surface area contributed by atoms with Crippen molar-refractivity contribution in [1.82, 2.24) is 15.2 Å². The van der Waals surface area contributed by atoms with Crippen molar-refractivity contribution in [1.29, 1.82) is 0 Å². The van der Waals surface area contributed by atoms with E-state index < -0.39 is 0 Å². The molecule has 0 aliphatic heterocycles. The number of rotatable bonds is 1. The first-order valence-corrected chi connectivity index (χ1v) is 6.05. The van der Waals surface area contributed by atoms with E-state index in [9.17, 15) is 0 Å². The molecule has 0 aliphatic rings. The van der Waals surface area contributed by atoms with E-state index in [1.165, 1.54) is 11.3 Å². The quantitative estimate of drug-likeness (QED) is 0.727. The normalized spacial score (nSPS) is 10.3. The Bertz CT molecular complexity index is 431. The summed E-state index contributed by atoms with van der Waals surface area (Å²) >= 11 is 6.99. The molecule has 13 heavy (non-hydrogen) atoms. The second-order valence-corrected chi connectivity index (χ2v) is 5.72. The molecule has 2 aromatic heterocycles. The molecule has 0 amide bonds. The summed E-state index contributed by atoms with van der Waals surface area (Å²) in [5, 5.41) is 8.69. The Hall–Kier alpha value is -0.0800. The summed E-state index contributed by atoms with van der Waals surface area (Å²) in [4.78, 5) is 4.21. The van der Waals surface area contributed by atoms with Gasteiger partial charge in [0, 0.05) is 9.77 Å². The van der Waals surface area contributed by atoms with Crippen molar-refractivity contribution >= 4 is 49.9 Å². The summed E-state index contributed by atoms with van der Waals surface area (Å²) in [6, 6.07) is 3.92. The van der Waals surface area contributed by atoms with Gasteiger partial charge in [0.1, 0.15) is 5.69 Å². The molecule has 0 atom stereocenters. The fourth-order valence-corrected chi connectivity index (χ4v) is 2.36. The zero-order valence-electron chi connectivity index (χ0n) is 6.24. The van der Waals surface area contributed by atoms with Gasteiger partial charge in [-0.1, -0.05) is 11.3 Å². The van der Waals surface area contributed by atoms with Crippen molar-refractivity contribution in [3.05, 3.63) is 25.8 Å². The van der Waals surface area contributed by atoms with Gasteiger partial charge in [-0.3, -0.25) is 4.98 Å². The highest BCUT2D eigenvalue weighted by molar-refractivity contribution is 14.1. The Morgan fingerprint density at radius 2 is 2.23 bits per heavy atom. The SMILES string of the molecule is Brc1nnc(-c2cc(I)ccn2)s1. The van der Waals surface area contributed by atoms with Crippen LogP contribution in [-0.2, 0) is 0 Å². The van der Waals surface area contributed by atoms with Crippen molar-refractivity contribution in [2.45, 2.75) is 0 Å². The largest absolute Gasteiger partial charge is 0.254 e. The maximum Gasteiger partial charge on any atom is 0.183 e. The molecule has 0 aromatic carbocycles. The van der Waals surface area contributed by atoms with Crippen LogP contribution in [0.15, 0.2) is 22.2 Å². The maximum atomic E-state index is 4.21. The van der Waals surface area contributed by atoms with Crippen molar-refractivity contribution in [2.24, 2.45) is 0 Å². The molecule has 0 bridgehead atoms. The Balaban J connectivity index is 2.46. The number of hydrogen-bond acceptors (Lipinski definition) is 4. The van der Waals surface area contributed by atoms with Crippen LogP contribution >= 0.6 is 49.9 Å². The molecule has 2 aromatic rings. The van der Waals surface area contributed by atoms with E-state index in [-0.39, 0.29) is 0 Å². The van der Waals surface area contributed by atoms with Gasteiger partial charge >= 0.3 is 0 Å². The average molecular weight is 368 g/mol. The first kappa shape index (κ1) is 9.47. The molecule has 3 nitrogen and oxygen atoms in total. The molecule has 0 spiro atoms. The summed E-state index contributed by atoms with van der Waals surface area (Å²) in [7, 11) is 0. The molecule has 2 rings (SSSR count). The third-order valence-electron chi connectivity index (χ3n) is 1.34. The number of halogens is 2. The standard InChI is InChI=1S/C7H3BrIN3S/c8-7-12-11-6(13-7)5-3-4(9)1-2-10-5/h1-3H. The predicted octanol–water partition coefficient (Wildman–Crippen LogP) is 2.97. The lowest BCUT2D eigenvalue weighted by Crippen LogP contribution is -1.82. The molecule has 0 saturated carbocycles. The molecular formula is C7H3BrIN3S. The van der Waals surface area contributed by atoms with E-state index >= 15 is 0 Å². The highest BCUT2D eigenvalue weighted by Crippen LogP contribution is 2.25. The van der Waals surface area contributed by atoms with Gasteiger partial charge in [-0.15, -0.1) is 10.2 Å². The van der Waals surface area contributed by atoms with Crippen molar-refractivity contribution in [3.63, 3.8) is 0 Å². The Labute approximate surface area is 101 Å². The molecule has 0 aliphatic carbocycles. The molecule has 2 heterocycles. The first-order valence-electron chi connectivity index (χ1n) is 3.36. The van der Waals surface area contributed by atoms with Crippen LogP contribution in [0.4, 0.5) is 0 Å². The number of hydrogen-bond donors (Lipinski definition) is 0. The van der Waals surface area contributed by atoms with Crippen LogP contribution in [0.5, 0.6) is 0 Å². The minimum atomic E-state index is 0.781. The topological polar surface area (TPSA) is 38.7 Å². The van der Waals surface area contributed by atoms with E-state index in [1.807, 2.05) is 12.1 Å². The minimum absolute atomic E-state index is 0.781. The summed E-state index contributed by atoms with van der Waals surface area (Å²) in [6.07, 6.45) is 1.77. The molecule has 0 fully saturated rings. The zero-order valence-corrected chi connectivity index (χ0v) is 10.8. The van der Waals surface area contributed by atoms with Crippen LogP contribution in [0.3, 0.4) is 0 Å². The van der Waals surface area contributed by atoms with Crippen molar-refractivity contribution < 1.29 is 0 Å². The monoisotopic (exact) mass is 367 g/mol. The fraction of sp³-hybridized carbons (Fsp3) is 0. The molecule has 0 radical (unpaired) electrons. The summed E-state index contributed by atoms with van der Waals surface area (Å²) in [5.74, 6) is 0. The van der Waals surface area contributed by atoms with Crippen LogP contribution in [0.1, 0.15) is 0 Å². The van der Waals surface area contributed by atoms with Crippen molar-refractivity contribution in [2.75, 3.05) is 0 Å². The third-order valence-corrected chi connectivity index (χ3v) is 3.39. The highest BCUT2D eigenvalue weighted by atomic mass is 127. The van der Waals surface area contributed by atoms with Gasteiger partial charge in [-0.25, -0.2) is 0 Å². The van der Waals surface area contributed by atoms with E-state index in [4.69, 9.17) is 0 Å². The lowest BCUT2D eigenvalue weighted by atomic mass is 10.4. The van der Waals surface area contributed by atoms with Crippen LogP contribution in [0.25, 0.3) is 10.7 Å². The Morgan fingerprint density at radius 3 is 2.85 bits per heavy atom. The van der Waals surface area contributed by atoms with E-state index in [1.54, 1.807) is 6.20 Å². The van der Waals surface area contributed by atoms with Crippen LogP contribution in [-0.4, -0.2) is 15.2 Å². The van der Waals surface area contributed by atoms with Gasteiger partial charge in [0.25, 0.3) is 0 Å². The van der Waals surface area contributed by atoms with Gasteiger partial charge in [0.2, 0.25) is 0 Å². The highest BCUT2D eigenvalue weighted by Gasteiger charge is 2.05. The zero-order chi connectivity index (χ0) is 9.26. The number of aromatic nitrogens is 3. The van der Waals surface area contributed by atoms with Gasteiger partial charge in [0.05, 0.1) is 0 Å². The molecule has 0 unspecified atom stereocenters.